The van der Waals surface area contributed by atoms with Crippen molar-refractivity contribution in [3.63, 3.8) is 0 Å². The first-order valence-electron chi connectivity index (χ1n) is 9.77. The number of hydrogen-bond acceptors (Lipinski definition) is 1. The van der Waals surface area contributed by atoms with Gasteiger partial charge in [0.25, 0.3) is 5.65 Å². The van der Waals surface area contributed by atoms with Gasteiger partial charge in [-0.05, 0) is 66.8 Å². The third kappa shape index (κ3) is 2.14. The van der Waals surface area contributed by atoms with Crippen LogP contribution in [0.5, 0.6) is 0 Å². The van der Waals surface area contributed by atoms with Crippen LogP contribution >= 0.6 is 0 Å². The lowest BCUT2D eigenvalue weighted by molar-refractivity contribution is -0.617. The first-order valence-corrected chi connectivity index (χ1v) is 9.77. The number of hydrogen-bond donors (Lipinski definition) is 0. The molecule has 134 valence electrons. The van der Waals surface area contributed by atoms with Crippen molar-refractivity contribution in [3.8, 4) is 0 Å². The van der Waals surface area contributed by atoms with Crippen LogP contribution in [0.2, 0.25) is 0 Å². The van der Waals surface area contributed by atoms with Crippen molar-refractivity contribution >= 4 is 38.5 Å². The number of fused-ring (bicyclic) bond motifs is 8. The Hall–Kier alpha value is -2.94. The van der Waals surface area contributed by atoms with Crippen molar-refractivity contribution in [3.05, 3.63) is 65.4 Å². The molecule has 0 amide bonds. The minimum absolute atomic E-state index is 1.03. The van der Waals surface area contributed by atoms with Crippen molar-refractivity contribution < 1.29 is 4.57 Å². The molecule has 0 unspecified atom stereocenters. The summed E-state index contributed by atoms with van der Waals surface area (Å²) >= 11 is 0. The number of nitrogens with zero attached hydrogens (tertiary/aromatic N) is 3. The molecular weight excluding hydrogens is 330 g/mol. The van der Waals surface area contributed by atoms with E-state index in [1.54, 1.807) is 0 Å². The van der Waals surface area contributed by atoms with Gasteiger partial charge >= 0.3 is 0 Å². The van der Waals surface area contributed by atoms with E-state index in [-0.39, 0.29) is 0 Å². The lowest BCUT2D eigenvalue weighted by atomic mass is 10.0. The zero-order valence-electron chi connectivity index (χ0n) is 16.4. The maximum absolute atomic E-state index is 4.79. The van der Waals surface area contributed by atoms with Crippen LogP contribution in [0.15, 0.2) is 48.7 Å². The van der Waals surface area contributed by atoms with Crippen LogP contribution in [-0.4, -0.2) is 9.38 Å². The Morgan fingerprint density at radius 3 is 2.44 bits per heavy atom. The topological polar surface area (TPSA) is 21.2 Å². The van der Waals surface area contributed by atoms with E-state index < -0.39 is 0 Å². The van der Waals surface area contributed by atoms with Gasteiger partial charge in [-0.2, -0.15) is 4.40 Å². The molecule has 0 aliphatic carbocycles. The molecule has 0 saturated carbocycles. The Labute approximate surface area is 158 Å². The number of rotatable bonds is 2. The zero-order chi connectivity index (χ0) is 18.7. The van der Waals surface area contributed by atoms with Crippen LogP contribution in [0.4, 0.5) is 0 Å². The molecule has 0 aliphatic heterocycles. The molecule has 0 fully saturated rings. The van der Waals surface area contributed by atoms with Crippen molar-refractivity contribution in [2.45, 2.75) is 33.6 Å². The van der Waals surface area contributed by atoms with E-state index in [2.05, 4.69) is 79.3 Å². The summed E-state index contributed by atoms with van der Waals surface area (Å²) in [5.74, 6) is 0. The average Bonchev–Trinajstić information content (AvgIpc) is 3.00. The van der Waals surface area contributed by atoms with E-state index in [1.165, 1.54) is 49.7 Å². The minimum atomic E-state index is 1.03. The Morgan fingerprint density at radius 1 is 0.926 bits per heavy atom. The number of pyridine rings is 2. The molecule has 3 heteroatoms. The molecule has 0 atom stereocenters. The highest BCUT2D eigenvalue weighted by atomic mass is 15.1. The molecule has 0 N–H and O–H groups in total. The molecule has 5 rings (SSSR count). The highest BCUT2D eigenvalue weighted by Gasteiger charge is 2.25. The highest BCUT2D eigenvalue weighted by molar-refractivity contribution is 6.11. The predicted octanol–water partition coefficient (Wildman–Crippen LogP) is 5.05. The third-order valence-electron chi connectivity index (χ3n) is 5.93. The maximum atomic E-state index is 4.79. The summed E-state index contributed by atoms with van der Waals surface area (Å²) in [5.41, 5.74) is 10.1. The summed E-state index contributed by atoms with van der Waals surface area (Å²) in [6.07, 6.45) is 4.01. The highest BCUT2D eigenvalue weighted by Crippen LogP contribution is 2.32. The summed E-state index contributed by atoms with van der Waals surface area (Å²) < 4.78 is 4.77. The lowest BCUT2D eigenvalue weighted by Gasteiger charge is -2.07. The molecule has 0 bridgehead atoms. The third-order valence-corrected chi connectivity index (χ3v) is 5.93. The van der Waals surface area contributed by atoms with Crippen molar-refractivity contribution in [2.75, 3.05) is 0 Å². The van der Waals surface area contributed by atoms with Crippen LogP contribution in [-0.2, 0) is 19.9 Å². The van der Waals surface area contributed by atoms with Crippen molar-refractivity contribution in [1.82, 2.24) is 9.38 Å². The molecule has 0 saturated heterocycles. The summed E-state index contributed by atoms with van der Waals surface area (Å²) in [4.78, 5) is 4.79. The average molecular weight is 354 g/mol. The number of benzene rings is 2. The second kappa shape index (κ2) is 5.78. The van der Waals surface area contributed by atoms with Gasteiger partial charge in [-0.25, -0.2) is 4.57 Å². The first kappa shape index (κ1) is 16.2. The molecule has 27 heavy (non-hydrogen) atoms. The van der Waals surface area contributed by atoms with Gasteiger partial charge in [0.15, 0.2) is 11.0 Å². The molecule has 0 aliphatic rings. The van der Waals surface area contributed by atoms with E-state index in [0.29, 0.717) is 0 Å². The summed E-state index contributed by atoms with van der Waals surface area (Å²) in [5, 5.41) is 2.46. The van der Waals surface area contributed by atoms with E-state index in [1.807, 2.05) is 6.20 Å². The Balaban J connectivity index is 2.16. The van der Waals surface area contributed by atoms with E-state index in [0.717, 1.165) is 18.4 Å². The smallest absolute Gasteiger partial charge is 0.255 e. The molecule has 3 aromatic heterocycles. The van der Waals surface area contributed by atoms with Gasteiger partial charge in [-0.15, -0.1) is 0 Å². The zero-order valence-corrected chi connectivity index (χ0v) is 16.4. The van der Waals surface area contributed by atoms with Crippen LogP contribution in [0, 0.1) is 6.92 Å². The summed E-state index contributed by atoms with van der Waals surface area (Å²) in [7, 11) is 2.18. The Morgan fingerprint density at radius 2 is 1.67 bits per heavy atom. The van der Waals surface area contributed by atoms with Crippen LogP contribution in [0.1, 0.15) is 30.5 Å². The molecule has 3 nitrogen and oxygen atoms in total. The van der Waals surface area contributed by atoms with Gasteiger partial charge in [0.05, 0.1) is 18.0 Å². The second-order valence-corrected chi connectivity index (χ2v) is 7.45. The summed E-state index contributed by atoms with van der Waals surface area (Å²) in [6, 6.07) is 15.8. The van der Waals surface area contributed by atoms with Gasteiger partial charge < -0.3 is 0 Å². The molecule has 0 radical (unpaired) electrons. The van der Waals surface area contributed by atoms with Gasteiger partial charge in [0.2, 0.25) is 0 Å². The second-order valence-electron chi connectivity index (χ2n) is 7.45. The van der Waals surface area contributed by atoms with Crippen molar-refractivity contribution in [2.24, 2.45) is 7.05 Å². The molecule has 3 heterocycles. The van der Waals surface area contributed by atoms with E-state index in [4.69, 9.17) is 4.98 Å². The standard InChI is InChI=1S/C24H24N3/c1-5-16-7-9-18-20(13-16)27-19-10-8-17(6-2)14-21(19)26(4)24(27)22-15(3)11-12-25-23(18)22/h7-14H,5-6H2,1-4H3/q+1. The van der Waals surface area contributed by atoms with E-state index >= 15 is 0 Å². The van der Waals surface area contributed by atoms with Gasteiger partial charge in [0, 0.05) is 11.6 Å². The molecule has 2 aromatic carbocycles. The summed E-state index contributed by atoms with van der Waals surface area (Å²) in [6.45, 7) is 6.61. The lowest BCUT2D eigenvalue weighted by Crippen LogP contribution is -2.27. The molecule has 5 aromatic rings. The molecule has 0 spiro atoms. The van der Waals surface area contributed by atoms with Gasteiger partial charge in [-0.3, -0.25) is 4.98 Å². The van der Waals surface area contributed by atoms with Gasteiger partial charge in [-0.1, -0.05) is 26.0 Å². The number of imidazole rings is 1. The molecular formula is C24H24N3+. The largest absolute Gasteiger partial charge is 0.297 e. The number of aryl methyl sites for hydroxylation is 4. The van der Waals surface area contributed by atoms with Crippen LogP contribution in [0.3, 0.4) is 0 Å². The SMILES string of the molecule is CCc1ccc2c3nccc(C)c3c3n(c2c1)c1ccc(CC)cc1[n+]3C. The predicted molar refractivity (Wildman–Crippen MR) is 112 cm³/mol. The fraction of sp³-hybridized carbons (Fsp3) is 0.250. The first-order chi connectivity index (χ1) is 13.1. The van der Waals surface area contributed by atoms with Crippen LogP contribution in [0.25, 0.3) is 38.5 Å². The van der Waals surface area contributed by atoms with Crippen molar-refractivity contribution in [1.29, 1.82) is 0 Å². The Kier molecular flexibility index (Phi) is 3.48. The maximum Gasteiger partial charge on any atom is 0.297 e. The van der Waals surface area contributed by atoms with E-state index in [9.17, 15) is 0 Å². The van der Waals surface area contributed by atoms with Crippen LogP contribution < -0.4 is 4.57 Å². The Bertz CT molecular complexity index is 1360. The monoisotopic (exact) mass is 354 g/mol. The fourth-order valence-corrected chi connectivity index (χ4v) is 4.38. The quantitative estimate of drug-likeness (QED) is 0.321. The fourth-order valence-electron chi connectivity index (χ4n) is 4.38. The normalized spacial score (nSPS) is 12.0. The van der Waals surface area contributed by atoms with Gasteiger partial charge in [0.1, 0.15) is 5.52 Å². The minimum Gasteiger partial charge on any atom is -0.255 e. The number of aromatic nitrogens is 3.